The predicted octanol–water partition coefficient (Wildman–Crippen LogP) is 12.7. The van der Waals surface area contributed by atoms with Crippen LogP contribution in [0.15, 0.2) is 162 Å². The van der Waals surface area contributed by atoms with Gasteiger partial charge in [0.2, 0.25) is 0 Å². The molecule has 0 saturated heterocycles. The van der Waals surface area contributed by atoms with Crippen LogP contribution in [0.1, 0.15) is 0 Å². The highest BCUT2D eigenvalue weighted by Crippen LogP contribution is 2.46. The van der Waals surface area contributed by atoms with E-state index in [0.29, 0.717) is 0 Å². The van der Waals surface area contributed by atoms with Crippen molar-refractivity contribution in [2.45, 2.75) is 0 Å². The van der Waals surface area contributed by atoms with Gasteiger partial charge in [-0.15, -0.1) is 0 Å². The largest absolute Gasteiger partial charge is 0.455 e. The Morgan fingerprint density at radius 1 is 0.311 bits per heavy atom. The summed E-state index contributed by atoms with van der Waals surface area (Å²) in [6.07, 6.45) is 0. The Morgan fingerprint density at radius 3 is 1.67 bits per heavy atom. The van der Waals surface area contributed by atoms with E-state index in [9.17, 15) is 0 Å². The molecule has 1 nitrogen and oxygen atoms in total. The van der Waals surface area contributed by atoms with E-state index >= 15 is 0 Å². The Morgan fingerprint density at radius 2 is 0.889 bits per heavy atom. The lowest BCUT2D eigenvalue weighted by Crippen LogP contribution is -1.92. The molecule has 10 aromatic rings. The molecular formula is C44H26O. The summed E-state index contributed by atoms with van der Waals surface area (Å²) in [4.78, 5) is 0. The lowest BCUT2D eigenvalue weighted by molar-refractivity contribution is 0.672. The van der Waals surface area contributed by atoms with Crippen molar-refractivity contribution in [1.82, 2.24) is 0 Å². The number of para-hydroxylation sites is 1. The molecule has 0 unspecified atom stereocenters. The summed E-state index contributed by atoms with van der Waals surface area (Å²) in [5, 5.41) is 14.8. The summed E-state index contributed by atoms with van der Waals surface area (Å²) in [6, 6.07) is 57.4. The van der Waals surface area contributed by atoms with Crippen LogP contribution in [-0.4, -0.2) is 0 Å². The van der Waals surface area contributed by atoms with Crippen molar-refractivity contribution in [3.05, 3.63) is 158 Å². The SMILES string of the molecule is c1ccc2c(c1)ccc1c(-c3c4ccccc4c(-c4ccc5c(ccc6c7ccccc7oc56)c4)c4ccccc34)cccc12. The van der Waals surface area contributed by atoms with Crippen molar-refractivity contribution in [3.8, 4) is 22.3 Å². The maximum absolute atomic E-state index is 6.38. The topological polar surface area (TPSA) is 13.1 Å². The molecule has 0 fully saturated rings. The molecular weight excluding hydrogens is 544 g/mol. The van der Waals surface area contributed by atoms with Crippen LogP contribution in [-0.2, 0) is 0 Å². The molecule has 0 spiro atoms. The molecule has 0 radical (unpaired) electrons. The first-order valence-corrected chi connectivity index (χ1v) is 15.5. The zero-order chi connectivity index (χ0) is 29.5. The summed E-state index contributed by atoms with van der Waals surface area (Å²) in [5.74, 6) is 0. The summed E-state index contributed by atoms with van der Waals surface area (Å²) in [7, 11) is 0. The van der Waals surface area contributed by atoms with Gasteiger partial charge in [-0.2, -0.15) is 0 Å². The highest BCUT2D eigenvalue weighted by Gasteiger charge is 2.19. The number of hydrogen-bond acceptors (Lipinski definition) is 1. The summed E-state index contributed by atoms with van der Waals surface area (Å²) >= 11 is 0. The molecule has 0 aliphatic heterocycles. The first-order valence-electron chi connectivity index (χ1n) is 15.5. The van der Waals surface area contributed by atoms with E-state index in [-0.39, 0.29) is 0 Å². The van der Waals surface area contributed by atoms with Crippen molar-refractivity contribution in [1.29, 1.82) is 0 Å². The summed E-state index contributed by atoms with van der Waals surface area (Å²) in [6.45, 7) is 0. The van der Waals surface area contributed by atoms with Crippen molar-refractivity contribution >= 4 is 75.8 Å². The highest BCUT2D eigenvalue weighted by molar-refractivity contribution is 6.25. The minimum atomic E-state index is 0.929. The van der Waals surface area contributed by atoms with Crippen LogP contribution in [0, 0.1) is 0 Å². The molecule has 1 heteroatoms. The first kappa shape index (κ1) is 24.5. The number of benzene rings is 9. The van der Waals surface area contributed by atoms with E-state index in [2.05, 4.69) is 146 Å². The van der Waals surface area contributed by atoms with E-state index in [4.69, 9.17) is 4.42 Å². The van der Waals surface area contributed by atoms with Gasteiger partial charge in [0.15, 0.2) is 0 Å². The minimum absolute atomic E-state index is 0.929. The van der Waals surface area contributed by atoms with Crippen LogP contribution in [0.4, 0.5) is 0 Å². The van der Waals surface area contributed by atoms with Gasteiger partial charge in [0, 0.05) is 16.2 Å². The highest BCUT2D eigenvalue weighted by atomic mass is 16.3. The lowest BCUT2D eigenvalue weighted by atomic mass is 9.84. The Hall–Kier alpha value is -5.92. The van der Waals surface area contributed by atoms with Crippen LogP contribution in [0.3, 0.4) is 0 Å². The fourth-order valence-electron chi connectivity index (χ4n) is 7.65. The second kappa shape index (κ2) is 9.29. The van der Waals surface area contributed by atoms with Gasteiger partial charge in [-0.3, -0.25) is 0 Å². The Labute approximate surface area is 259 Å². The molecule has 0 bridgehead atoms. The van der Waals surface area contributed by atoms with Crippen molar-refractivity contribution in [2.24, 2.45) is 0 Å². The average molecular weight is 571 g/mol. The number of furan rings is 1. The van der Waals surface area contributed by atoms with E-state index in [1.807, 2.05) is 12.1 Å². The third-order valence-corrected chi connectivity index (χ3v) is 9.64. The van der Waals surface area contributed by atoms with Gasteiger partial charge < -0.3 is 4.42 Å². The number of fused-ring (bicyclic) bond motifs is 10. The van der Waals surface area contributed by atoms with Crippen molar-refractivity contribution in [3.63, 3.8) is 0 Å². The zero-order valence-corrected chi connectivity index (χ0v) is 24.4. The Bertz CT molecular complexity index is 2760. The second-order valence-corrected chi connectivity index (χ2v) is 12.0. The maximum Gasteiger partial charge on any atom is 0.143 e. The standard InChI is InChI=1S/C44H26O/c1-2-11-30-27(10-1)20-24-33-32(30)17-9-18-35(33)43-38-15-5-3-13-36(38)42(37-14-4-6-16-39(37)43)29-22-23-31-28(26-29)21-25-40-34-12-7-8-19-41(34)45-44(31)40/h1-26H. The van der Waals surface area contributed by atoms with Crippen LogP contribution < -0.4 is 0 Å². The molecule has 10 rings (SSSR count). The summed E-state index contributed by atoms with van der Waals surface area (Å²) in [5.41, 5.74) is 6.91. The van der Waals surface area contributed by atoms with E-state index < -0.39 is 0 Å². The fraction of sp³-hybridized carbons (Fsp3) is 0. The van der Waals surface area contributed by atoms with Crippen LogP contribution in [0.25, 0.3) is 98.1 Å². The maximum atomic E-state index is 6.38. The minimum Gasteiger partial charge on any atom is -0.455 e. The molecule has 0 N–H and O–H groups in total. The van der Waals surface area contributed by atoms with Gasteiger partial charge >= 0.3 is 0 Å². The lowest BCUT2D eigenvalue weighted by Gasteiger charge is -2.19. The normalized spacial score (nSPS) is 12.0. The monoisotopic (exact) mass is 570 g/mol. The molecule has 1 aromatic heterocycles. The van der Waals surface area contributed by atoms with Crippen molar-refractivity contribution in [2.75, 3.05) is 0 Å². The summed E-state index contributed by atoms with van der Waals surface area (Å²) < 4.78 is 6.38. The van der Waals surface area contributed by atoms with E-state index in [0.717, 1.165) is 27.3 Å². The van der Waals surface area contributed by atoms with Gasteiger partial charge in [-0.1, -0.05) is 133 Å². The Balaban J connectivity index is 1.28. The zero-order valence-electron chi connectivity index (χ0n) is 24.4. The number of rotatable bonds is 2. The van der Waals surface area contributed by atoms with Crippen molar-refractivity contribution < 1.29 is 4.42 Å². The predicted molar refractivity (Wildman–Crippen MR) is 192 cm³/mol. The molecule has 208 valence electrons. The van der Waals surface area contributed by atoms with Gasteiger partial charge in [0.05, 0.1) is 0 Å². The first-order chi connectivity index (χ1) is 22.3. The average Bonchev–Trinajstić information content (AvgIpc) is 3.49. The van der Waals surface area contributed by atoms with E-state index in [1.54, 1.807) is 0 Å². The smallest absolute Gasteiger partial charge is 0.143 e. The van der Waals surface area contributed by atoms with Gasteiger partial charge in [0.1, 0.15) is 11.2 Å². The van der Waals surface area contributed by atoms with Crippen LogP contribution in [0.2, 0.25) is 0 Å². The molecule has 1 heterocycles. The Kier molecular flexibility index (Phi) is 5.06. The molecule has 0 amide bonds. The third kappa shape index (κ3) is 3.50. The molecule has 9 aromatic carbocycles. The van der Waals surface area contributed by atoms with Gasteiger partial charge in [-0.05, 0) is 95.0 Å². The van der Waals surface area contributed by atoms with Gasteiger partial charge in [-0.25, -0.2) is 0 Å². The number of hydrogen-bond donors (Lipinski definition) is 0. The molecule has 0 aliphatic carbocycles. The fourth-order valence-corrected chi connectivity index (χ4v) is 7.65. The van der Waals surface area contributed by atoms with Gasteiger partial charge in [0.25, 0.3) is 0 Å². The molecule has 0 aliphatic rings. The van der Waals surface area contributed by atoms with Crippen LogP contribution in [0.5, 0.6) is 0 Å². The molecule has 0 atom stereocenters. The van der Waals surface area contributed by atoms with Crippen LogP contribution >= 0.6 is 0 Å². The second-order valence-electron chi connectivity index (χ2n) is 12.0. The molecule has 45 heavy (non-hydrogen) atoms. The van der Waals surface area contributed by atoms with E-state index in [1.165, 1.54) is 70.7 Å². The molecule has 0 saturated carbocycles. The third-order valence-electron chi connectivity index (χ3n) is 9.64. The quantitative estimate of drug-likeness (QED) is 0.149.